The van der Waals surface area contributed by atoms with E-state index < -0.39 is 0 Å². The van der Waals surface area contributed by atoms with E-state index in [0.717, 1.165) is 5.03 Å². The van der Waals surface area contributed by atoms with Gasteiger partial charge in [-0.25, -0.2) is 0 Å². The predicted molar refractivity (Wildman–Crippen MR) is 73.0 cm³/mol. The van der Waals surface area contributed by atoms with Crippen molar-refractivity contribution in [3.05, 3.63) is 30.5 Å². The van der Waals surface area contributed by atoms with Crippen molar-refractivity contribution < 1.29 is 0 Å². The first kappa shape index (κ1) is 11.6. The van der Waals surface area contributed by atoms with Gasteiger partial charge in [-0.15, -0.1) is 5.10 Å². The summed E-state index contributed by atoms with van der Waals surface area (Å²) in [5.74, 6) is 0. The zero-order chi connectivity index (χ0) is 12.2. The number of piperidine rings is 1. The quantitative estimate of drug-likeness (QED) is 0.921. The third-order valence-corrected chi connectivity index (χ3v) is 4.09. The lowest BCUT2D eigenvalue weighted by molar-refractivity contribution is 0.578. The van der Waals surface area contributed by atoms with Gasteiger partial charge in [0.25, 0.3) is 0 Å². The number of rotatable bonds is 3. The molecule has 0 unspecified atom stereocenters. The van der Waals surface area contributed by atoms with Gasteiger partial charge in [-0.3, -0.25) is 0 Å². The maximum atomic E-state index is 4.04. The van der Waals surface area contributed by atoms with Crippen LogP contribution in [0.5, 0.6) is 0 Å². The van der Waals surface area contributed by atoms with Gasteiger partial charge in [0.15, 0.2) is 0 Å². The first-order valence-electron chi connectivity index (χ1n) is 6.30. The highest BCUT2D eigenvalue weighted by molar-refractivity contribution is 7.99. The Bertz CT molecular complexity index is 474. The van der Waals surface area contributed by atoms with E-state index in [2.05, 4.69) is 44.6 Å². The number of hydrogen-bond acceptors (Lipinski definition) is 4. The van der Waals surface area contributed by atoms with E-state index in [0.29, 0.717) is 0 Å². The van der Waals surface area contributed by atoms with E-state index >= 15 is 0 Å². The highest BCUT2D eigenvalue weighted by atomic mass is 32.2. The number of benzene rings is 1. The Kier molecular flexibility index (Phi) is 3.50. The largest absolute Gasteiger partial charge is 0.372 e. The van der Waals surface area contributed by atoms with E-state index in [1.807, 2.05) is 0 Å². The van der Waals surface area contributed by atoms with E-state index in [1.165, 1.54) is 42.9 Å². The van der Waals surface area contributed by atoms with Gasteiger partial charge in [-0.1, -0.05) is 11.8 Å². The Morgan fingerprint density at radius 1 is 1.06 bits per heavy atom. The Hall–Kier alpha value is -1.49. The van der Waals surface area contributed by atoms with Gasteiger partial charge in [0.1, 0.15) is 5.03 Å². The molecule has 1 N–H and O–H groups in total. The topological polar surface area (TPSA) is 44.8 Å². The Balaban J connectivity index is 1.68. The van der Waals surface area contributed by atoms with Crippen molar-refractivity contribution >= 4 is 17.4 Å². The number of aromatic amines is 1. The molecule has 0 radical (unpaired) electrons. The molecule has 0 spiro atoms. The summed E-state index contributed by atoms with van der Waals surface area (Å²) in [5, 5.41) is 11.4. The van der Waals surface area contributed by atoms with Crippen LogP contribution in [0.15, 0.2) is 40.4 Å². The van der Waals surface area contributed by atoms with Gasteiger partial charge >= 0.3 is 0 Å². The molecule has 0 aliphatic carbocycles. The van der Waals surface area contributed by atoms with Gasteiger partial charge in [0, 0.05) is 23.7 Å². The highest BCUT2D eigenvalue weighted by Crippen LogP contribution is 2.28. The first-order chi connectivity index (χ1) is 8.92. The number of aromatic nitrogens is 3. The summed E-state index contributed by atoms with van der Waals surface area (Å²) >= 11 is 1.63. The molecule has 0 amide bonds. The van der Waals surface area contributed by atoms with Crippen LogP contribution in [0.1, 0.15) is 19.3 Å². The summed E-state index contributed by atoms with van der Waals surface area (Å²) in [7, 11) is 0. The van der Waals surface area contributed by atoms with Crippen molar-refractivity contribution in [1.29, 1.82) is 0 Å². The molecule has 2 heterocycles. The summed E-state index contributed by atoms with van der Waals surface area (Å²) in [6, 6.07) is 8.72. The van der Waals surface area contributed by atoms with Crippen LogP contribution in [0.4, 0.5) is 5.69 Å². The minimum atomic E-state index is 0.903. The van der Waals surface area contributed by atoms with Gasteiger partial charge in [0.05, 0.1) is 6.20 Å². The van der Waals surface area contributed by atoms with Crippen molar-refractivity contribution in [3.8, 4) is 0 Å². The fourth-order valence-electron chi connectivity index (χ4n) is 2.24. The van der Waals surface area contributed by atoms with E-state index in [1.54, 1.807) is 18.0 Å². The molecule has 0 bridgehead atoms. The van der Waals surface area contributed by atoms with Gasteiger partial charge in [-0.05, 0) is 43.5 Å². The lowest BCUT2D eigenvalue weighted by Gasteiger charge is -2.28. The number of H-pyrrole nitrogens is 1. The zero-order valence-electron chi connectivity index (χ0n) is 10.2. The summed E-state index contributed by atoms with van der Waals surface area (Å²) in [6.45, 7) is 2.38. The minimum Gasteiger partial charge on any atom is -0.372 e. The van der Waals surface area contributed by atoms with Gasteiger partial charge < -0.3 is 4.90 Å². The van der Waals surface area contributed by atoms with Crippen LogP contribution in [-0.4, -0.2) is 28.5 Å². The number of anilines is 1. The average Bonchev–Trinajstić information content (AvgIpc) is 2.94. The highest BCUT2D eigenvalue weighted by Gasteiger charge is 2.10. The second-order valence-electron chi connectivity index (χ2n) is 4.45. The smallest absolute Gasteiger partial charge is 0.143 e. The number of hydrogen-bond donors (Lipinski definition) is 1. The molecule has 3 rings (SSSR count). The predicted octanol–water partition coefficient (Wildman–Crippen LogP) is 2.95. The maximum Gasteiger partial charge on any atom is 0.143 e. The lowest BCUT2D eigenvalue weighted by Crippen LogP contribution is -2.29. The summed E-state index contributed by atoms with van der Waals surface area (Å²) < 4.78 is 0. The van der Waals surface area contributed by atoms with Crippen LogP contribution in [0.25, 0.3) is 0 Å². The van der Waals surface area contributed by atoms with Crippen LogP contribution in [0.3, 0.4) is 0 Å². The molecule has 1 aliphatic rings. The monoisotopic (exact) mass is 260 g/mol. The molecule has 18 heavy (non-hydrogen) atoms. The first-order valence-corrected chi connectivity index (χ1v) is 7.12. The zero-order valence-corrected chi connectivity index (χ0v) is 11.0. The molecule has 1 aromatic heterocycles. The number of nitrogens with one attached hydrogen (secondary N) is 1. The maximum absolute atomic E-state index is 4.04. The Labute approximate surface area is 111 Å². The van der Waals surface area contributed by atoms with Crippen molar-refractivity contribution in [3.63, 3.8) is 0 Å². The molecule has 0 atom stereocenters. The van der Waals surface area contributed by atoms with Crippen LogP contribution in [-0.2, 0) is 0 Å². The molecule has 2 aromatic rings. The number of nitrogens with zero attached hydrogens (tertiary/aromatic N) is 3. The SMILES string of the molecule is c1cc(N2CCCCC2)ccc1Sc1cn[nH]n1. The van der Waals surface area contributed by atoms with Gasteiger partial charge in [-0.2, -0.15) is 10.3 Å². The van der Waals surface area contributed by atoms with E-state index in [4.69, 9.17) is 0 Å². The second-order valence-corrected chi connectivity index (χ2v) is 5.55. The molecule has 4 nitrogen and oxygen atoms in total. The van der Waals surface area contributed by atoms with Crippen molar-refractivity contribution in [2.75, 3.05) is 18.0 Å². The third kappa shape index (κ3) is 2.67. The Morgan fingerprint density at radius 3 is 2.50 bits per heavy atom. The molecule has 1 aliphatic heterocycles. The van der Waals surface area contributed by atoms with Crippen LogP contribution >= 0.6 is 11.8 Å². The lowest BCUT2D eigenvalue weighted by atomic mass is 10.1. The van der Waals surface area contributed by atoms with Gasteiger partial charge in [0.2, 0.25) is 0 Å². The van der Waals surface area contributed by atoms with Crippen LogP contribution in [0.2, 0.25) is 0 Å². The molecule has 1 saturated heterocycles. The molecular formula is C13H16N4S. The molecule has 1 aromatic carbocycles. The summed E-state index contributed by atoms with van der Waals surface area (Å²) in [5.41, 5.74) is 1.33. The molecule has 1 fully saturated rings. The normalized spacial score (nSPS) is 15.9. The van der Waals surface area contributed by atoms with Crippen molar-refractivity contribution in [2.45, 2.75) is 29.2 Å². The second kappa shape index (κ2) is 5.44. The fourth-order valence-corrected chi connectivity index (χ4v) is 2.94. The van der Waals surface area contributed by atoms with E-state index in [-0.39, 0.29) is 0 Å². The van der Waals surface area contributed by atoms with Crippen LogP contribution in [0, 0.1) is 0 Å². The standard InChI is InChI=1S/C13H16N4S/c1-2-8-17(9-3-1)11-4-6-12(7-5-11)18-13-10-14-16-15-13/h4-7,10H,1-3,8-9H2,(H,14,15,16). The molecule has 5 heteroatoms. The summed E-state index contributed by atoms with van der Waals surface area (Å²) in [6.07, 6.45) is 5.74. The van der Waals surface area contributed by atoms with Crippen molar-refractivity contribution in [2.24, 2.45) is 0 Å². The Morgan fingerprint density at radius 2 is 1.83 bits per heavy atom. The average molecular weight is 260 g/mol. The summed E-state index contributed by atoms with van der Waals surface area (Å²) in [4.78, 5) is 3.67. The van der Waals surface area contributed by atoms with E-state index in [9.17, 15) is 0 Å². The fraction of sp³-hybridized carbons (Fsp3) is 0.385. The minimum absolute atomic E-state index is 0.903. The molecular weight excluding hydrogens is 244 g/mol. The molecule has 94 valence electrons. The molecule has 0 saturated carbocycles. The third-order valence-electron chi connectivity index (χ3n) is 3.17. The van der Waals surface area contributed by atoms with Crippen molar-refractivity contribution in [1.82, 2.24) is 15.4 Å². The van der Waals surface area contributed by atoms with Crippen LogP contribution < -0.4 is 4.90 Å².